The number of aryl methyl sites for hydroxylation is 1. The van der Waals surface area contributed by atoms with Crippen molar-refractivity contribution in [1.82, 2.24) is 19.5 Å². The monoisotopic (exact) mass is 492 g/mol. The lowest BCUT2D eigenvalue weighted by atomic mass is 10.1. The second-order valence-electron chi connectivity index (χ2n) is 8.82. The summed E-state index contributed by atoms with van der Waals surface area (Å²) in [6, 6.07) is 3.11. The topological polar surface area (TPSA) is 91.2 Å². The minimum absolute atomic E-state index is 0.205. The molecule has 1 N–H and O–H groups in total. The minimum atomic E-state index is -4.43. The van der Waals surface area contributed by atoms with Gasteiger partial charge in [-0.2, -0.15) is 18.2 Å². The third kappa shape index (κ3) is 3.87. The van der Waals surface area contributed by atoms with E-state index in [1.165, 1.54) is 0 Å². The zero-order chi connectivity index (χ0) is 23.4. The van der Waals surface area contributed by atoms with Crippen molar-refractivity contribution in [2.45, 2.75) is 49.5 Å². The molecule has 0 aliphatic carbocycles. The quantitative estimate of drug-likeness (QED) is 0.562. The minimum Gasteiger partial charge on any atom is -0.611 e. The Bertz CT molecular complexity index is 1240. The van der Waals surface area contributed by atoms with Crippen LogP contribution in [0.4, 0.5) is 24.9 Å². The lowest BCUT2D eigenvalue weighted by molar-refractivity contribution is -0.137. The van der Waals surface area contributed by atoms with Crippen LogP contribution in [-0.4, -0.2) is 55.6 Å². The fourth-order valence-electron chi connectivity index (χ4n) is 4.86. The van der Waals surface area contributed by atoms with Crippen molar-refractivity contribution in [2.24, 2.45) is 0 Å². The van der Waals surface area contributed by atoms with Crippen LogP contribution in [-0.2, 0) is 41.6 Å². The molecule has 8 nitrogen and oxygen atoms in total. The van der Waals surface area contributed by atoms with Crippen molar-refractivity contribution in [2.75, 3.05) is 35.7 Å². The number of nitrogens with zero attached hydrogens (tertiary/aromatic N) is 5. The van der Waals surface area contributed by atoms with Crippen molar-refractivity contribution in [1.29, 1.82) is 0 Å². The van der Waals surface area contributed by atoms with Crippen LogP contribution in [0.25, 0.3) is 11.0 Å². The molecule has 0 aromatic carbocycles. The normalized spacial score (nSPS) is 21.1. The molecule has 0 saturated carbocycles. The molecule has 3 aromatic heterocycles. The summed E-state index contributed by atoms with van der Waals surface area (Å²) in [5, 5.41) is 3.95. The van der Waals surface area contributed by atoms with E-state index in [4.69, 9.17) is 14.7 Å². The van der Waals surface area contributed by atoms with Crippen molar-refractivity contribution in [3.05, 3.63) is 35.3 Å². The number of hydrogen-bond acceptors (Lipinski definition) is 7. The Morgan fingerprint density at radius 2 is 1.97 bits per heavy atom. The summed E-state index contributed by atoms with van der Waals surface area (Å²) in [6.45, 7) is 2.98. The van der Waals surface area contributed by atoms with Gasteiger partial charge in [0, 0.05) is 56.0 Å². The molecule has 180 valence electrons. The Balaban J connectivity index is 1.31. The molecule has 12 heteroatoms. The number of aromatic nitrogens is 4. The van der Waals surface area contributed by atoms with E-state index in [0.29, 0.717) is 72.7 Å². The van der Waals surface area contributed by atoms with Crippen LogP contribution in [0.15, 0.2) is 23.2 Å². The highest BCUT2D eigenvalue weighted by molar-refractivity contribution is 7.91. The van der Waals surface area contributed by atoms with Crippen LogP contribution in [0.3, 0.4) is 0 Å². The van der Waals surface area contributed by atoms with E-state index in [0.717, 1.165) is 36.5 Å². The number of pyridine rings is 1. The molecule has 0 radical (unpaired) electrons. The number of hydrogen-bond donors (Lipinski definition) is 1. The van der Waals surface area contributed by atoms with Crippen LogP contribution in [0.2, 0.25) is 0 Å². The number of rotatable bonds is 3. The Hall–Kier alpha value is -2.57. The molecule has 0 unspecified atom stereocenters. The number of fused-ring (bicyclic) bond motifs is 4. The lowest BCUT2D eigenvalue weighted by Crippen LogP contribution is -2.35. The second-order valence-corrected chi connectivity index (χ2v) is 10.3. The van der Waals surface area contributed by atoms with Gasteiger partial charge in [0.1, 0.15) is 17.1 Å². The van der Waals surface area contributed by atoms with Gasteiger partial charge in [-0.25, -0.2) is 9.97 Å². The zero-order valence-electron chi connectivity index (χ0n) is 18.3. The zero-order valence-corrected chi connectivity index (χ0v) is 19.1. The first-order valence-corrected chi connectivity index (χ1v) is 12.6. The highest BCUT2D eigenvalue weighted by atomic mass is 32.2. The summed E-state index contributed by atoms with van der Waals surface area (Å²) in [5.74, 6) is 1.72. The smallest absolute Gasteiger partial charge is 0.417 e. The van der Waals surface area contributed by atoms with Crippen LogP contribution in [0.1, 0.15) is 29.8 Å². The van der Waals surface area contributed by atoms with Gasteiger partial charge in [-0.05, 0) is 36.2 Å². The Kier molecular flexibility index (Phi) is 5.34. The van der Waals surface area contributed by atoms with Gasteiger partial charge in [-0.15, -0.1) is 0 Å². The van der Waals surface area contributed by atoms with E-state index in [1.54, 1.807) is 6.07 Å². The second kappa shape index (κ2) is 8.28. The molecule has 3 aliphatic rings. The molecule has 6 rings (SSSR count). The highest BCUT2D eigenvalue weighted by Crippen LogP contribution is 2.35. The molecule has 0 bridgehead atoms. The average Bonchev–Trinajstić information content (AvgIpc) is 3.38. The van der Waals surface area contributed by atoms with Crippen molar-refractivity contribution < 1.29 is 22.5 Å². The molecule has 1 fully saturated rings. The molecular formula is C22H23F3N6O2S. The van der Waals surface area contributed by atoms with Crippen molar-refractivity contribution >= 4 is 34.0 Å². The number of halogens is 3. The predicted octanol–water partition coefficient (Wildman–Crippen LogP) is 3.12. The maximum atomic E-state index is 13.1. The summed E-state index contributed by atoms with van der Waals surface area (Å²) < 4.78 is 59.4. The fraction of sp³-hybridized carbons (Fsp3) is 0.500. The van der Waals surface area contributed by atoms with E-state index in [-0.39, 0.29) is 6.04 Å². The highest BCUT2D eigenvalue weighted by Gasteiger charge is 2.35. The summed E-state index contributed by atoms with van der Waals surface area (Å²) in [7, 11) is 0. The SMILES string of the molecule is [O-][S@+]1CCc2nc(N3CCn4c(cc5cc(C(F)(F)F)cnc54)C3)nc(NC3CCOCC3)c21. The van der Waals surface area contributed by atoms with E-state index >= 15 is 0 Å². The molecule has 1 atom stereocenters. The first-order valence-electron chi connectivity index (χ1n) is 11.3. The molecule has 1 saturated heterocycles. The largest absolute Gasteiger partial charge is 0.611 e. The number of ether oxygens (including phenoxy) is 1. The molecule has 34 heavy (non-hydrogen) atoms. The molecule has 0 amide bonds. The van der Waals surface area contributed by atoms with Gasteiger partial charge in [0.2, 0.25) is 10.8 Å². The molecule has 6 heterocycles. The van der Waals surface area contributed by atoms with Gasteiger partial charge in [0.15, 0.2) is 5.82 Å². The van der Waals surface area contributed by atoms with E-state index < -0.39 is 22.9 Å². The predicted molar refractivity (Wildman–Crippen MR) is 120 cm³/mol. The Morgan fingerprint density at radius 3 is 2.76 bits per heavy atom. The van der Waals surface area contributed by atoms with Crippen molar-refractivity contribution in [3.63, 3.8) is 0 Å². The molecule has 3 aromatic rings. The number of alkyl halides is 3. The maximum Gasteiger partial charge on any atom is 0.417 e. The van der Waals surface area contributed by atoms with Crippen molar-refractivity contribution in [3.8, 4) is 0 Å². The summed E-state index contributed by atoms with van der Waals surface area (Å²) in [4.78, 5) is 16.3. The summed E-state index contributed by atoms with van der Waals surface area (Å²) >= 11 is -1.12. The van der Waals surface area contributed by atoms with Gasteiger partial charge in [-0.3, -0.25) is 0 Å². The molecular weight excluding hydrogens is 469 g/mol. The first kappa shape index (κ1) is 21.9. The number of anilines is 2. The van der Waals surface area contributed by atoms with Gasteiger partial charge >= 0.3 is 6.18 Å². The van der Waals surface area contributed by atoms with Gasteiger partial charge < -0.3 is 24.1 Å². The van der Waals surface area contributed by atoms with Gasteiger partial charge in [-0.1, -0.05) is 0 Å². The average molecular weight is 493 g/mol. The van der Waals surface area contributed by atoms with Crippen LogP contribution < -0.4 is 10.2 Å². The summed E-state index contributed by atoms with van der Waals surface area (Å²) in [6.07, 6.45) is -1.19. The number of nitrogens with one attached hydrogen (secondary N) is 1. The van der Waals surface area contributed by atoms with Crippen LogP contribution in [0.5, 0.6) is 0 Å². The van der Waals surface area contributed by atoms with E-state index in [9.17, 15) is 17.7 Å². The van der Waals surface area contributed by atoms with Crippen LogP contribution >= 0.6 is 0 Å². The third-order valence-corrected chi connectivity index (χ3v) is 8.07. The summed E-state index contributed by atoms with van der Waals surface area (Å²) in [5.41, 5.74) is 1.47. The Labute approximate surface area is 196 Å². The third-order valence-electron chi connectivity index (χ3n) is 6.61. The lowest BCUT2D eigenvalue weighted by Gasteiger charge is -2.30. The van der Waals surface area contributed by atoms with Gasteiger partial charge in [0.25, 0.3) is 0 Å². The standard InChI is InChI=1S/C22H23F3N6O2S/c23-22(24,25)14-9-13-10-16-12-30(4-5-31(16)20(13)26-11-14)21-28-17-3-8-34(32)18(17)19(29-21)27-15-1-6-33-7-2-15/h9-11,15H,1-8,12H2,(H,27,28,29)/t34-/m1/s1. The molecule has 0 spiro atoms. The maximum absolute atomic E-state index is 13.1. The van der Waals surface area contributed by atoms with E-state index in [2.05, 4.69) is 10.3 Å². The molecule has 3 aliphatic heterocycles. The Morgan fingerprint density at radius 1 is 1.15 bits per heavy atom. The van der Waals surface area contributed by atoms with Crippen LogP contribution in [0, 0.1) is 0 Å². The van der Waals surface area contributed by atoms with E-state index in [1.807, 2.05) is 9.47 Å². The van der Waals surface area contributed by atoms with Gasteiger partial charge in [0.05, 0.1) is 12.1 Å². The first-order chi connectivity index (χ1) is 16.4. The fourth-order valence-corrected chi connectivity index (χ4v) is 6.17.